The fraction of sp³-hybridized carbons (Fsp3) is 0.320. The van der Waals surface area contributed by atoms with Crippen molar-refractivity contribution >= 4 is 11.7 Å². The van der Waals surface area contributed by atoms with Gasteiger partial charge in [0.15, 0.2) is 0 Å². The third-order valence-corrected chi connectivity index (χ3v) is 6.08. The molecule has 4 rings (SSSR count). The van der Waals surface area contributed by atoms with Crippen molar-refractivity contribution in [1.82, 2.24) is 10.2 Å². The first kappa shape index (κ1) is 22.8. The molecule has 2 aromatic carbocycles. The standard InChI is InChI=1S/C25H26F2N4O2/c1-24(33,15-22(28)32)14-16-3-8-20(27)19(13-16)21-9-10-23(31-30-21)29-25(11-2-12-25)17-4-6-18(26)7-5-17/h3-10,13,33H,2,11-12,14-15H2,1H3,(H2,28,32)(H,29,31). The molecule has 172 valence electrons. The first-order valence-corrected chi connectivity index (χ1v) is 10.8. The Hall–Kier alpha value is -3.39. The summed E-state index contributed by atoms with van der Waals surface area (Å²) in [6, 6.07) is 14.3. The van der Waals surface area contributed by atoms with Crippen LogP contribution in [-0.2, 0) is 16.8 Å². The van der Waals surface area contributed by atoms with Crippen molar-refractivity contribution in [2.45, 2.75) is 50.2 Å². The number of primary amides is 1. The maximum absolute atomic E-state index is 14.5. The summed E-state index contributed by atoms with van der Waals surface area (Å²) in [5, 5.41) is 22.2. The molecule has 33 heavy (non-hydrogen) atoms. The fourth-order valence-electron chi connectivity index (χ4n) is 4.33. The second kappa shape index (κ2) is 8.86. The summed E-state index contributed by atoms with van der Waals surface area (Å²) < 4.78 is 27.9. The average Bonchev–Trinajstić information content (AvgIpc) is 2.72. The molecule has 0 bridgehead atoms. The van der Waals surface area contributed by atoms with Gasteiger partial charge in [-0.15, -0.1) is 10.2 Å². The zero-order valence-corrected chi connectivity index (χ0v) is 18.3. The molecule has 6 nitrogen and oxygen atoms in total. The number of anilines is 1. The Morgan fingerprint density at radius 1 is 1.12 bits per heavy atom. The number of nitrogens with zero attached hydrogens (tertiary/aromatic N) is 2. The first-order valence-electron chi connectivity index (χ1n) is 10.8. The van der Waals surface area contributed by atoms with Gasteiger partial charge >= 0.3 is 0 Å². The number of benzene rings is 2. The Bertz CT molecular complexity index is 1140. The first-order chi connectivity index (χ1) is 15.7. The van der Waals surface area contributed by atoms with E-state index in [-0.39, 0.29) is 29.8 Å². The van der Waals surface area contributed by atoms with Gasteiger partial charge in [-0.25, -0.2) is 8.78 Å². The number of aromatic nitrogens is 2. The van der Waals surface area contributed by atoms with Gasteiger partial charge < -0.3 is 16.2 Å². The summed E-state index contributed by atoms with van der Waals surface area (Å²) >= 11 is 0. The molecule has 0 saturated heterocycles. The Balaban J connectivity index is 1.53. The minimum atomic E-state index is -1.34. The van der Waals surface area contributed by atoms with Crippen LogP contribution in [0.5, 0.6) is 0 Å². The lowest BCUT2D eigenvalue weighted by Crippen LogP contribution is -2.42. The molecular weight excluding hydrogens is 426 g/mol. The zero-order chi connectivity index (χ0) is 23.6. The monoisotopic (exact) mass is 452 g/mol. The third kappa shape index (κ3) is 5.17. The molecule has 1 unspecified atom stereocenters. The molecule has 1 amide bonds. The third-order valence-electron chi connectivity index (χ3n) is 6.08. The SMILES string of the molecule is CC(O)(CC(N)=O)Cc1ccc(F)c(-c2ccc(NC3(c4ccc(F)cc4)CCC3)nn2)c1. The normalized spacial score (nSPS) is 16.5. The van der Waals surface area contributed by atoms with E-state index in [1.807, 2.05) is 0 Å². The smallest absolute Gasteiger partial charge is 0.220 e. The second-order valence-corrected chi connectivity index (χ2v) is 9.00. The summed E-state index contributed by atoms with van der Waals surface area (Å²) in [7, 11) is 0. The summed E-state index contributed by atoms with van der Waals surface area (Å²) in [5.41, 5.74) is 5.77. The van der Waals surface area contributed by atoms with Crippen molar-refractivity contribution in [3.63, 3.8) is 0 Å². The summed E-state index contributed by atoms with van der Waals surface area (Å²) in [4.78, 5) is 11.2. The van der Waals surface area contributed by atoms with Gasteiger partial charge in [-0.1, -0.05) is 18.2 Å². The van der Waals surface area contributed by atoms with Crippen molar-refractivity contribution in [3.05, 3.63) is 77.4 Å². The van der Waals surface area contributed by atoms with Gasteiger partial charge in [0.1, 0.15) is 17.5 Å². The predicted octanol–water partition coefficient (Wildman–Crippen LogP) is 4.08. The number of halogens is 2. The van der Waals surface area contributed by atoms with Gasteiger partial charge in [0.25, 0.3) is 0 Å². The van der Waals surface area contributed by atoms with Crippen LogP contribution in [0.3, 0.4) is 0 Å². The van der Waals surface area contributed by atoms with Crippen LogP contribution in [0.15, 0.2) is 54.6 Å². The number of hydrogen-bond acceptors (Lipinski definition) is 5. The molecule has 1 atom stereocenters. The minimum absolute atomic E-state index is 0.135. The Morgan fingerprint density at radius 2 is 1.85 bits per heavy atom. The van der Waals surface area contributed by atoms with E-state index in [0.717, 1.165) is 24.8 Å². The Labute approximate surface area is 190 Å². The van der Waals surface area contributed by atoms with Crippen LogP contribution in [0, 0.1) is 11.6 Å². The van der Waals surface area contributed by atoms with Crippen molar-refractivity contribution in [1.29, 1.82) is 0 Å². The van der Waals surface area contributed by atoms with E-state index >= 15 is 0 Å². The topological polar surface area (TPSA) is 101 Å². The molecule has 0 radical (unpaired) electrons. The van der Waals surface area contributed by atoms with Gasteiger partial charge in [0, 0.05) is 12.0 Å². The number of carbonyl (C=O) groups excluding carboxylic acids is 1. The number of nitrogens with two attached hydrogens (primary N) is 1. The highest BCUT2D eigenvalue weighted by Gasteiger charge is 2.39. The van der Waals surface area contributed by atoms with Crippen LogP contribution < -0.4 is 11.1 Å². The summed E-state index contributed by atoms with van der Waals surface area (Å²) in [5.74, 6) is -0.812. The average molecular weight is 453 g/mol. The molecule has 0 aliphatic heterocycles. The van der Waals surface area contributed by atoms with Crippen LogP contribution in [0.1, 0.15) is 43.7 Å². The maximum Gasteiger partial charge on any atom is 0.220 e. The highest BCUT2D eigenvalue weighted by molar-refractivity contribution is 5.75. The molecule has 1 saturated carbocycles. The number of aliphatic hydroxyl groups is 1. The molecule has 8 heteroatoms. The molecule has 1 heterocycles. The molecular formula is C25H26F2N4O2. The number of amides is 1. The zero-order valence-electron chi connectivity index (χ0n) is 18.3. The van der Waals surface area contributed by atoms with E-state index < -0.39 is 17.3 Å². The van der Waals surface area contributed by atoms with Crippen molar-refractivity contribution in [2.75, 3.05) is 5.32 Å². The predicted molar refractivity (Wildman–Crippen MR) is 121 cm³/mol. The van der Waals surface area contributed by atoms with Crippen molar-refractivity contribution in [2.24, 2.45) is 5.73 Å². The van der Waals surface area contributed by atoms with Gasteiger partial charge in [0.05, 0.1) is 23.3 Å². The number of hydrogen-bond donors (Lipinski definition) is 3. The molecule has 0 spiro atoms. The molecule has 1 aromatic heterocycles. The van der Waals surface area contributed by atoms with Crippen LogP contribution >= 0.6 is 0 Å². The van der Waals surface area contributed by atoms with Crippen LogP contribution in [0.25, 0.3) is 11.3 Å². The highest BCUT2D eigenvalue weighted by atomic mass is 19.1. The van der Waals surface area contributed by atoms with E-state index in [4.69, 9.17) is 5.73 Å². The summed E-state index contributed by atoms with van der Waals surface area (Å²) in [6.07, 6.45) is 2.77. The van der Waals surface area contributed by atoms with E-state index in [2.05, 4.69) is 15.5 Å². The van der Waals surface area contributed by atoms with E-state index in [0.29, 0.717) is 17.1 Å². The lowest BCUT2D eigenvalue weighted by molar-refractivity contribution is -0.122. The Morgan fingerprint density at radius 3 is 2.42 bits per heavy atom. The molecule has 1 aliphatic rings. The van der Waals surface area contributed by atoms with Gasteiger partial charge in [-0.2, -0.15) is 0 Å². The number of rotatable bonds is 8. The van der Waals surface area contributed by atoms with E-state index in [1.165, 1.54) is 25.1 Å². The quantitative estimate of drug-likeness (QED) is 0.478. The van der Waals surface area contributed by atoms with E-state index in [1.54, 1.807) is 36.4 Å². The lowest BCUT2D eigenvalue weighted by atomic mass is 9.72. The van der Waals surface area contributed by atoms with Crippen molar-refractivity contribution < 1.29 is 18.7 Å². The van der Waals surface area contributed by atoms with Gasteiger partial charge in [-0.05, 0) is 73.7 Å². The molecule has 4 N–H and O–H groups in total. The van der Waals surface area contributed by atoms with Gasteiger partial charge in [0.2, 0.25) is 5.91 Å². The molecule has 3 aromatic rings. The van der Waals surface area contributed by atoms with Crippen LogP contribution in [-0.4, -0.2) is 26.8 Å². The van der Waals surface area contributed by atoms with Crippen molar-refractivity contribution in [3.8, 4) is 11.3 Å². The molecule has 1 aliphatic carbocycles. The maximum atomic E-state index is 14.5. The highest BCUT2D eigenvalue weighted by Crippen LogP contribution is 2.43. The summed E-state index contributed by atoms with van der Waals surface area (Å²) in [6.45, 7) is 1.51. The van der Waals surface area contributed by atoms with Crippen LogP contribution in [0.4, 0.5) is 14.6 Å². The molecule has 1 fully saturated rings. The number of nitrogens with one attached hydrogen (secondary N) is 1. The Kier molecular flexibility index (Phi) is 6.12. The number of carbonyl (C=O) groups is 1. The minimum Gasteiger partial charge on any atom is -0.389 e. The van der Waals surface area contributed by atoms with E-state index in [9.17, 15) is 18.7 Å². The largest absolute Gasteiger partial charge is 0.389 e. The lowest BCUT2D eigenvalue weighted by Gasteiger charge is -2.43. The second-order valence-electron chi connectivity index (χ2n) is 9.00. The van der Waals surface area contributed by atoms with Gasteiger partial charge in [-0.3, -0.25) is 4.79 Å². The fourth-order valence-corrected chi connectivity index (χ4v) is 4.33. The van der Waals surface area contributed by atoms with Crippen LogP contribution in [0.2, 0.25) is 0 Å².